The number of hydrogen-bond acceptors (Lipinski definition) is 4. The fraction of sp³-hybridized carbons (Fsp3) is 0.333. The van der Waals surface area contributed by atoms with E-state index in [-0.39, 0.29) is 0 Å². The minimum atomic E-state index is -1.07. The van der Waals surface area contributed by atoms with Gasteiger partial charge < -0.3 is 14.9 Å². The van der Waals surface area contributed by atoms with Gasteiger partial charge in [0.1, 0.15) is 0 Å². The maximum Gasteiger partial charge on any atom is 0.409 e. The van der Waals surface area contributed by atoms with E-state index in [0.29, 0.717) is 5.69 Å². The topological polar surface area (TPSA) is 84.5 Å². The van der Waals surface area contributed by atoms with Gasteiger partial charge in [0.2, 0.25) is 0 Å². The van der Waals surface area contributed by atoms with Crippen LogP contribution in [-0.4, -0.2) is 60.5 Å². The molecule has 0 aliphatic carbocycles. The van der Waals surface area contributed by atoms with E-state index >= 15 is 0 Å². The van der Waals surface area contributed by atoms with Gasteiger partial charge in [-0.2, -0.15) is 5.10 Å². The molecule has 0 spiro atoms. The SMILES string of the molecule is CN(C)CCN(C)c1cc(-c2cn[nH]c2)ccc1NC(=O)O. The van der Waals surface area contributed by atoms with E-state index in [1.807, 2.05) is 44.4 Å². The number of carbonyl (C=O) groups is 1. The summed E-state index contributed by atoms with van der Waals surface area (Å²) in [6.07, 6.45) is 2.48. The molecule has 7 heteroatoms. The predicted molar refractivity (Wildman–Crippen MR) is 87.5 cm³/mol. The molecule has 1 aromatic heterocycles. The van der Waals surface area contributed by atoms with Gasteiger partial charge in [0, 0.05) is 31.9 Å². The van der Waals surface area contributed by atoms with E-state index in [1.54, 1.807) is 12.3 Å². The van der Waals surface area contributed by atoms with E-state index in [2.05, 4.69) is 20.4 Å². The summed E-state index contributed by atoms with van der Waals surface area (Å²) in [5.41, 5.74) is 3.35. The van der Waals surface area contributed by atoms with Crippen molar-refractivity contribution >= 4 is 17.5 Å². The van der Waals surface area contributed by atoms with Crippen LogP contribution < -0.4 is 10.2 Å². The fourth-order valence-electron chi connectivity index (χ4n) is 2.13. The molecule has 0 fully saturated rings. The van der Waals surface area contributed by atoms with Crippen LogP contribution in [0, 0.1) is 0 Å². The van der Waals surface area contributed by atoms with Gasteiger partial charge in [-0.1, -0.05) is 6.07 Å². The molecule has 0 unspecified atom stereocenters. The highest BCUT2D eigenvalue weighted by Gasteiger charge is 2.12. The van der Waals surface area contributed by atoms with Gasteiger partial charge in [-0.3, -0.25) is 10.4 Å². The summed E-state index contributed by atoms with van der Waals surface area (Å²) in [5, 5.41) is 18.2. The van der Waals surface area contributed by atoms with Crippen LogP contribution in [0.25, 0.3) is 11.1 Å². The van der Waals surface area contributed by atoms with E-state index in [1.165, 1.54) is 0 Å². The number of carboxylic acid groups (broad SMARTS) is 1. The molecule has 118 valence electrons. The number of hydrogen-bond donors (Lipinski definition) is 3. The van der Waals surface area contributed by atoms with Crippen LogP contribution >= 0.6 is 0 Å². The van der Waals surface area contributed by atoms with Crippen molar-refractivity contribution < 1.29 is 9.90 Å². The van der Waals surface area contributed by atoms with Crippen LogP contribution in [0.1, 0.15) is 0 Å². The molecule has 22 heavy (non-hydrogen) atoms. The van der Waals surface area contributed by atoms with Crippen LogP contribution in [0.2, 0.25) is 0 Å². The number of likely N-dealkylation sites (N-methyl/N-ethyl adjacent to an activating group) is 2. The maximum atomic E-state index is 11.0. The summed E-state index contributed by atoms with van der Waals surface area (Å²) < 4.78 is 0. The standard InChI is InChI=1S/C15H21N5O2/c1-19(2)6-7-20(3)14-8-11(12-9-16-17-10-12)4-5-13(14)18-15(21)22/h4-5,8-10,18H,6-7H2,1-3H3,(H,16,17)(H,21,22). The molecule has 2 rings (SSSR count). The highest BCUT2D eigenvalue weighted by molar-refractivity contribution is 5.90. The highest BCUT2D eigenvalue weighted by atomic mass is 16.4. The molecule has 1 aromatic carbocycles. The Morgan fingerprint density at radius 3 is 2.64 bits per heavy atom. The molecule has 0 saturated heterocycles. The van der Waals surface area contributed by atoms with Gasteiger partial charge in [-0.15, -0.1) is 0 Å². The van der Waals surface area contributed by atoms with Crippen molar-refractivity contribution in [2.24, 2.45) is 0 Å². The number of aromatic nitrogens is 2. The zero-order chi connectivity index (χ0) is 16.1. The maximum absolute atomic E-state index is 11.0. The third-order valence-corrected chi connectivity index (χ3v) is 3.36. The average molecular weight is 303 g/mol. The van der Waals surface area contributed by atoms with E-state index in [4.69, 9.17) is 5.11 Å². The number of benzene rings is 1. The monoisotopic (exact) mass is 303 g/mol. The molecule has 0 radical (unpaired) electrons. The molecule has 1 amide bonds. The van der Waals surface area contributed by atoms with Crippen LogP contribution in [0.15, 0.2) is 30.6 Å². The quantitative estimate of drug-likeness (QED) is 0.761. The van der Waals surface area contributed by atoms with E-state index in [9.17, 15) is 4.79 Å². The lowest BCUT2D eigenvalue weighted by atomic mass is 10.1. The second-order valence-corrected chi connectivity index (χ2v) is 5.37. The van der Waals surface area contributed by atoms with Gasteiger partial charge in [-0.25, -0.2) is 4.79 Å². The van der Waals surface area contributed by atoms with Crippen molar-refractivity contribution in [3.8, 4) is 11.1 Å². The molecule has 3 N–H and O–H groups in total. The Bertz CT molecular complexity index is 625. The molecule has 2 aromatic rings. The predicted octanol–water partition coefficient (Wildman–Crippen LogP) is 2.16. The zero-order valence-electron chi connectivity index (χ0n) is 13.0. The van der Waals surface area contributed by atoms with Crippen LogP contribution in [0.3, 0.4) is 0 Å². The molecule has 0 aliphatic rings. The molecule has 7 nitrogen and oxygen atoms in total. The Labute approximate surface area is 129 Å². The van der Waals surface area contributed by atoms with E-state index in [0.717, 1.165) is 29.9 Å². The van der Waals surface area contributed by atoms with Crippen molar-refractivity contribution in [2.45, 2.75) is 0 Å². The summed E-state index contributed by atoms with van der Waals surface area (Å²) in [6.45, 7) is 1.66. The molecule has 1 heterocycles. The minimum absolute atomic E-state index is 0.570. The smallest absolute Gasteiger partial charge is 0.409 e. The third kappa shape index (κ3) is 3.98. The second-order valence-electron chi connectivity index (χ2n) is 5.37. The molecule has 0 saturated carbocycles. The van der Waals surface area contributed by atoms with Gasteiger partial charge in [0.25, 0.3) is 0 Å². The summed E-state index contributed by atoms with van der Waals surface area (Å²) in [4.78, 5) is 15.1. The summed E-state index contributed by atoms with van der Waals surface area (Å²) >= 11 is 0. The molecular formula is C15H21N5O2. The summed E-state index contributed by atoms with van der Waals surface area (Å²) in [7, 11) is 5.96. The lowest BCUT2D eigenvalue weighted by Gasteiger charge is -2.24. The number of nitrogens with zero attached hydrogens (tertiary/aromatic N) is 3. The van der Waals surface area contributed by atoms with Gasteiger partial charge in [-0.05, 0) is 31.8 Å². The van der Waals surface area contributed by atoms with Crippen molar-refractivity contribution in [1.82, 2.24) is 15.1 Å². The van der Waals surface area contributed by atoms with Crippen molar-refractivity contribution in [1.29, 1.82) is 0 Å². The summed E-state index contributed by atoms with van der Waals surface area (Å²) in [5.74, 6) is 0. The minimum Gasteiger partial charge on any atom is -0.465 e. The molecule has 0 atom stereocenters. The number of anilines is 2. The number of rotatable bonds is 6. The highest BCUT2D eigenvalue weighted by Crippen LogP contribution is 2.31. The Morgan fingerprint density at radius 2 is 2.05 bits per heavy atom. The Kier molecular flexibility index (Phi) is 5.00. The van der Waals surface area contributed by atoms with Crippen molar-refractivity contribution in [3.05, 3.63) is 30.6 Å². The normalized spacial score (nSPS) is 10.7. The first-order chi connectivity index (χ1) is 10.5. The number of aromatic amines is 1. The Morgan fingerprint density at radius 1 is 1.27 bits per heavy atom. The first-order valence-corrected chi connectivity index (χ1v) is 6.96. The lowest BCUT2D eigenvalue weighted by molar-refractivity contribution is 0.210. The van der Waals surface area contributed by atoms with Crippen LogP contribution in [-0.2, 0) is 0 Å². The van der Waals surface area contributed by atoms with Crippen LogP contribution in [0.4, 0.5) is 16.2 Å². The molecule has 0 bridgehead atoms. The Hall–Kier alpha value is -2.54. The Balaban J connectivity index is 2.32. The van der Waals surface area contributed by atoms with E-state index < -0.39 is 6.09 Å². The second kappa shape index (κ2) is 6.95. The van der Waals surface area contributed by atoms with Gasteiger partial charge >= 0.3 is 6.09 Å². The number of nitrogens with one attached hydrogen (secondary N) is 2. The number of H-pyrrole nitrogens is 1. The van der Waals surface area contributed by atoms with Gasteiger partial charge in [0.15, 0.2) is 0 Å². The summed E-state index contributed by atoms with van der Waals surface area (Å²) in [6, 6.07) is 5.61. The number of amides is 1. The molecular weight excluding hydrogens is 282 g/mol. The van der Waals surface area contributed by atoms with Crippen molar-refractivity contribution in [2.75, 3.05) is 44.4 Å². The first kappa shape index (κ1) is 15.8. The van der Waals surface area contributed by atoms with Crippen LogP contribution in [0.5, 0.6) is 0 Å². The fourth-order valence-corrected chi connectivity index (χ4v) is 2.13. The first-order valence-electron chi connectivity index (χ1n) is 6.96. The van der Waals surface area contributed by atoms with Gasteiger partial charge in [0.05, 0.1) is 17.6 Å². The molecule has 0 aliphatic heterocycles. The lowest BCUT2D eigenvalue weighted by Crippen LogP contribution is -2.29. The zero-order valence-corrected chi connectivity index (χ0v) is 13.0. The average Bonchev–Trinajstić information content (AvgIpc) is 2.98. The largest absolute Gasteiger partial charge is 0.465 e. The third-order valence-electron chi connectivity index (χ3n) is 3.36. The van der Waals surface area contributed by atoms with Crippen molar-refractivity contribution in [3.63, 3.8) is 0 Å².